The van der Waals surface area contributed by atoms with E-state index in [-0.39, 0.29) is 0 Å². The van der Waals surface area contributed by atoms with Gasteiger partial charge in [0.15, 0.2) is 6.10 Å². The Kier molecular flexibility index (Phi) is 2.37. The van der Waals surface area contributed by atoms with E-state index in [2.05, 4.69) is 15.9 Å². The van der Waals surface area contributed by atoms with Crippen molar-refractivity contribution < 1.29 is 14.6 Å². The van der Waals surface area contributed by atoms with Crippen LogP contribution in [0.3, 0.4) is 0 Å². The van der Waals surface area contributed by atoms with Crippen LogP contribution >= 0.6 is 15.9 Å². The summed E-state index contributed by atoms with van der Waals surface area (Å²) in [7, 11) is 0. The number of hydrogen-bond donors (Lipinski definition) is 1. The number of rotatable bonds is 1. The second-order valence-corrected chi connectivity index (χ2v) is 4.06. The van der Waals surface area contributed by atoms with Crippen LogP contribution in [0.25, 0.3) is 0 Å². The van der Waals surface area contributed by atoms with E-state index in [4.69, 9.17) is 15.1 Å². The van der Waals surface area contributed by atoms with Gasteiger partial charge in [-0.1, -0.05) is 0 Å². The number of ether oxygens (including phenoxy) is 1. The molecule has 0 aromatic heterocycles. The Morgan fingerprint density at radius 2 is 2.40 bits per heavy atom. The number of carbonyl (C=O) groups is 1. The van der Waals surface area contributed by atoms with E-state index in [1.807, 2.05) is 6.07 Å². The Labute approximate surface area is 94.2 Å². The summed E-state index contributed by atoms with van der Waals surface area (Å²) in [6, 6.07) is 5.28. The predicted octanol–water partition coefficient (Wildman–Crippen LogP) is 1.71. The highest BCUT2D eigenvalue weighted by atomic mass is 79.9. The van der Waals surface area contributed by atoms with Crippen molar-refractivity contribution in [3.63, 3.8) is 0 Å². The zero-order chi connectivity index (χ0) is 11.0. The molecule has 2 rings (SSSR count). The van der Waals surface area contributed by atoms with Gasteiger partial charge >= 0.3 is 5.97 Å². The quantitative estimate of drug-likeness (QED) is 0.841. The minimum atomic E-state index is -0.989. The summed E-state index contributed by atoms with van der Waals surface area (Å²) >= 11 is 3.25. The molecule has 0 unspecified atom stereocenters. The van der Waals surface area contributed by atoms with E-state index < -0.39 is 12.1 Å². The van der Waals surface area contributed by atoms with Gasteiger partial charge in [0.25, 0.3) is 0 Å². The largest absolute Gasteiger partial charge is 0.478 e. The minimum Gasteiger partial charge on any atom is -0.478 e. The fourth-order valence-electron chi connectivity index (χ4n) is 1.52. The molecule has 1 heterocycles. The molecule has 1 aliphatic rings. The highest BCUT2D eigenvalue weighted by Gasteiger charge is 2.30. The van der Waals surface area contributed by atoms with E-state index in [9.17, 15) is 4.79 Å². The summed E-state index contributed by atoms with van der Waals surface area (Å²) in [5, 5.41) is 17.5. The monoisotopic (exact) mass is 267 g/mol. The lowest BCUT2D eigenvalue weighted by Crippen LogP contribution is -2.24. The molecule has 1 aromatic rings. The first kappa shape index (κ1) is 9.99. The lowest BCUT2D eigenvalue weighted by atomic mass is 10.1. The number of aliphatic carboxylic acids is 1. The van der Waals surface area contributed by atoms with E-state index in [1.165, 1.54) is 0 Å². The summed E-state index contributed by atoms with van der Waals surface area (Å²) in [4.78, 5) is 10.7. The number of carboxylic acids is 1. The Morgan fingerprint density at radius 3 is 3.00 bits per heavy atom. The Hall–Kier alpha value is -1.54. The molecule has 1 atom stereocenters. The SMILES string of the molecule is N#Cc1cc(Br)c2c(c1)C[C@@H](C(=O)O)O2. The van der Waals surface area contributed by atoms with Crippen molar-refractivity contribution in [3.8, 4) is 11.8 Å². The second kappa shape index (κ2) is 3.55. The van der Waals surface area contributed by atoms with Gasteiger partial charge in [-0.05, 0) is 28.1 Å². The van der Waals surface area contributed by atoms with Crippen molar-refractivity contribution in [2.75, 3.05) is 0 Å². The van der Waals surface area contributed by atoms with Crippen molar-refractivity contribution in [2.24, 2.45) is 0 Å². The third kappa shape index (κ3) is 1.68. The Balaban J connectivity index is 2.43. The summed E-state index contributed by atoms with van der Waals surface area (Å²) in [5.74, 6) is -0.460. The predicted molar refractivity (Wildman–Crippen MR) is 54.6 cm³/mol. The summed E-state index contributed by atoms with van der Waals surface area (Å²) < 4.78 is 5.87. The maximum atomic E-state index is 10.7. The average molecular weight is 268 g/mol. The maximum Gasteiger partial charge on any atom is 0.345 e. The third-order valence-electron chi connectivity index (χ3n) is 2.19. The smallest absolute Gasteiger partial charge is 0.345 e. The molecule has 5 heteroatoms. The average Bonchev–Trinajstić information content (AvgIpc) is 2.61. The molecule has 1 aromatic carbocycles. The number of benzene rings is 1. The summed E-state index contributed by atoms with van der Waals surface area (Å²) in [6.07, 6.45) is -0.538. The normalized spacial score (nSPS) is 17.7. The standard InChI is InChI=1S/C10H6BrNO3/c11-7-2-5(4-12)1-6-3-8(10(13)14)15-9(6)7/h1-2,8H,3H2,(H,13,14)/t8-/m0/s1. The molecular weight excluding hydrogens is 262 g/mol. The first-order valence-electron chi connectivity index (χ1n) is 4.24. The maximum absolute atomic E-state index is 10.7. The zero-order valence-corrected chi connectivity index (χ0v) is 9.11. The molecule has 0 saturated heterocycles. The van der Waals surface area contributed by atoms with Crippen LogP contribution in [-0.2, 0) is 11.2 Å². The van der Waals surface area contributed by atoms with Crippen molar-refractivity contribution in [1.82, 2.24) is 0 Å². The van der Waals surface area contributed by atoms with Gasteiger partial charge < -0.3 is 9.84 Å². The van der Waals surface area contributed by atoms with Crippen LogP contribution in [0, 0.1) is 11.3 Å². The van der Waals surface area contributed by atoms with Gasteiger partial charge in [-0.2, -0.15) is 5.26 Å². The number of nitrogens with zero attached hydrogens (tertiary/aromatic N) is 1. The highest BCUT2D eigenvalue weighted by molar-refractivity contribution is 9.10. The molecule has 1 N–H and O–H groups in total. The van der Waals surface area contributed by atoms with Crippen LogP contribution in [0.2, 0.25) is 0 Å². The van der Waals surface area contributed by atoms with E-state index in [0.717, 1.165) is 5.56 Å². The van der Waals surface area contributed by atoms with Crippen LogP contribution < -0.4 is 4.74 Å². The lowest BCUT2D eigenvalue weighted by Gasteiger charge is -2.05. The van der Waals surface area contributed by atoms with E-state index in [0.29, 0.717) is 22.2 Å². The molecule has 0 spiro atoms. The van der Waals surface area contributed by atoms with E-state index >= 15 is 0 Å². The van der Waals surface area contributed by atoms with Crippen molar-refractivity contribution in [2.45, 2.75) is 12.5 Å². The number of halogens is 1. The fourth-order valence-corrected chi connectivity index (χ4v) is 2.11. The summed E-state index contributed by atoms with van der Waals surface area (Å²) in [5.41, 5.74) is 1.25. The van der Waals surface area contributed by atoms with Gasteiger partial charge in [-0.25, -0.2) is 4.79 Å². The van der Waals surface area contributed by atoms with Crippen LogP contribution in [-0.4, -0.2) is 17.2 Å². The molecule has 0 bridgehead atoms. The lowest BCUT2D eigenvalue weighted by molar-refractivity contribution is -0.144. The van der Waals surface area contributed by atoms with Gasteiger partial charge in [-0.15, -0.1) is 0 Å². The molecule has 1 aliphatic heterocycles. The summed E-state index contributed by atoms with van der Waals surface area (Å²) in [6.45, 7) is 0. The Bertz CT molecular complexity index is 478. The first-order valence-corrected chi connectivity index (χ1v) is 5.03. The number of nitriles is 1. The van der Waals surface area contributed by atoms with Crippen LogP contribution in [0.4, 0.5) is 0 Å². The van der Waals surface area contributed by atoms with Gasteiger partial charge in [0, 0.05) is 12.0 Å². The number of hydrogen-bond acceptors (Lipinski definition) is 3. The molecule has 76 valence electrons. The molecular formula is C10H6BrNO3. The zero-order valence-electron chi connectivity index (χ0n) is 7.53. The van der Waals surface area contributed by atoms with Gasteiger partial charge in [0.05, 0.1) is 16.1 Å². The molecule has 0 fully saturated rings. The van der Waals surface area contributed by atoms with Crippen molar-refractivity contribution >= 4 is 21.9 Å². The molecule has 0 aliphatic carbocycles. The molecule has 0 radical (unpaired) electrons. The third-order valence-corrected chi connectivity index (χ3v) is 2.78. The Morgan fingerprint density at radius 1 is 1.67 bits per heavy atom. The van der Waals surface area contributed by atoms with Crippen molar-refractivity contribution in [3.05, 3.63) is 27.7 Å². The molecule has 0 saturated carbocycles. The highest BCUT2D eigenvalue weighted by Crippen LogP contribution is 2.37. The van der Waals surface area contributed by atoms with Gasteiger partial charge in [0.1, 0.15) is 5.75 Å². The van der Waals surface area contributed by atoms with Crippen LogP contribution in [0.15, 0.2) is 16.6 Å². The second-order valence-electron chi connectivity index (χ2n) is 3.21. The van der Waals surface area contributed by atoms with Gasteiger partial charge in [0.2, 0.25) is 0 Å². The minimum absolute atomic E-state index is 0.304. The van der Waals surface area contributed by atoms with Crippen LogP contribution in [0.5, 0.6) is 5.75 Å². The first-order chi connectivity index (χ1) is 7.11. The topological polar surface area (TPSA) is 70.3 Å². The van der Waals surface area contributed by atoms with Crippen molar-refractivity contribution in [1.29, 1.82) is 5.26 Å². The molecule has 0 amide bonds. The van der Waals surface area contributed by atoms with E-state index in [1.54, 1.807) is 12.1 Å². The van der Waals surface area contributed by atoms with Crippen LogP contribution in [0.1, 0.15) is 11.1 Å². The molecule has 15 heavy (non-hydrogen) atoms. The van der Waals surface area contributed by atoms with Gasteiger partial charge in [-0.3, -0.25) is 0 Å². The number of carboxylic acid groups (broad SMARTS) is 1. The fraction of sp³-hybridized carbons (Fsp3) is 0.200. The molecule has 4 nitrogen and oxygen atoms in total. The number of fused-ring (bicyclic) bond motifs is 1.